The van der Waals surface area contributed by atoms with Crippen LogP contribution in [0.5, 0.6) is 0 Å². The van der Waals surface area contributed by atoms with Crippen LogP contribution in [0.3, 0.4) is 0 Å². The van der Waals surface area contributed by atoms with Crippen LogP contribution in [0, 0.1) is 0 Å². The third-order valence-electron chi connectivity index (χ3n) is 0.653. The highest BCUT2D eigenvalue weighted by atomic mass is 127. The maximum Gasteiger partial charge on any atom is 0.192 e. The lowest BCUT2D eigenvalue weighted by atomic mass is 10.3. The second kappa shape index (κ2) is 4.61. The highest BCUT2D eigenvalue weighted by Gasteiger charge is 1.81. The Balaban J connectivity index is 3.71. The van der Waals surface area contributed by atoms with Gasteiger partial charge in [0.1, 0.15) is 5.76 Å². The number of halogens is 1. The van der Waals surface area contributed by atoms with Gasteiger partial charge >= 0.3 is 0 Å². The summed E-state index contributed by atoms with van der Waals surface area (Å²) in [5, 5.41) is 0. The fraction of sp³-hybridized carbons (Fsp3) is 0.143. The molecule has 0 aliphatic rings. The molecule has 0 aliphatic heterocycles. The van der Waals surface area contributed by atoms with Crippen LogP contribution in [-0.2, 0) is 3.07 Å². The lowest BCUT2D eigenvalue weighted by molar-refractivity contribution is 0.591. The molecular weight excluding hydrogens is 227 g/mol. The van der Waals surface area contributed by atoms with Crippen LogP contribution >= 0.6 is 23.0 Å². The molecule has 0 saturated carbocycles. The number of rotatable bonds is 3. The molecule has 0 radical (unpaired) electrons. The molecule has 0 atom stereocenters. The molecule has 2 heteroatoms. The Morgan fingerprint density at radius 2 is 2.00 bits per heavy atom. The average molecular weight is 236 g/mol. The van der Waals surface area contributed by atoms with Crippen molar-refractivity contribution in [1.82, 2.24) is 0 Å². The summed E-state index contributed by atoms with van der Waals surface area (Å²) >= 11 is 1.78. The first-order valence-corrected chi connectivity index (χ1v) is 3.36. The van der Waals surface area contributed by atoms with Crippen molar-refractivity contribution in [2.75, 3.05) is 0 Å². The molecular formula is C7H9IO. The van der Waals surface area contributed by atoms with Crippen molar-refractivity contribution in [2.45, 2.75) is 6.92 Å². The van der Waals surface area contributed by atoms with Crippen molar-refractivity contribution in [1.29, 1.82) is 0 Å². The second-order valence-electron chi connectivity index (χ2n) is 1.72. The maximum atomic E-state index is 4.75. The van der Waals surface area contributed by atoms with Gasteiger partial charge < -0.3 is 3.07 Å². The Kier molecular flexibility index (Phi) is 4.48. The van der Waals surface area contributed by atoms with E-state index in [1.54, 1.807) is 29.1 Å². The standard InChI is InChI=1S/C7H9IO/c1-6(2)4-5-7(3)9-8/h4-5H,1,3H2,2H3/b5-4-. The molecule has 0 aliphatic carbocycles. The minimum absolute atomic E-state index is 0.638. The van der Waals surface area contributed by atoms with Gasteiger partial charge in [0.25, 0.3) is 0 Å². The molecule has 50 valence electrons. The highest BCUT2D eigenvalue weighted by Crippen LogP contribution is 2.02. The molecule has 0 aromatic rings. The molecule has 1 nitrogen and oxygen atoms in total. The zero-order valence-electron chi connectivity index (χ0n) is 5.36. The molecule has 0 heterocycles. The smallest absolute Gasteiger partial charge is 0.192 e. The zero-order chi connectivity index (χ0) is 7.28. The lowest BCUT2D eigenvalue weighted by Crippen LogP contribution is -1.70. The summed E-state index contributed by atoms with van der Waals surface area (Å²) in [6.07, 6.45) is 3.62. The number of hydrogen-bond acceptors (Lipinski definition) is 1. The number of hydrogen-bond donors (Lipinski definition) is 0. The van der Waals surface area contributed by atoms with Gasteiger partial charge in [0.2, 0.25) is 0 Å². The van der Waals surface area contributed by atoms with Gasteiger partial charge in [-0.3, -0.25) is 0 Å². The lowest BCUT2D eigenvalue weighted by Gasteiger charge is -1.90. The first kappa shape index (κ1) is 8.75. The van der Waals surface area contributed by atoms with Crippen molar-refractivity contribution >= 4 is 23.0 Å². The van der Waals surface area contributed by atoms with Crippen LogP contribution in [0.15, 0.2) is 36.6 Å². The minimum atomic E-state index is 0.638. The van der Waals surface area contributed by atoms with Crippen molar-refractivity contribution in [2.24, 2.45) is 0 Å². The molecule has 0 amide bonds. The predicted molar refractivity (Wildman–Crippen MR) is 48.2 cm³/mol. The molecule has 0 saturated heterocycles. The summed E-state index contributed by atoms with van der Waals surface area (Å²) in [5.41, 5.74) is 0.990. The average Bonchev–Trinajstić information content (AvgIpc) is 1.83. The number of allylic oxidation sites excluding steroid dienone is 3. The summed E-state index contributed by atoms with van der Waals surface area (Å²) in [7, 11) is 0. The molecule has 0 aromatic carbocycles. The molecule has 0 bridgehead atoms. The van der Waals surface area contributed by atoms with E-state index in [4.69, 9.17) is 3.07 Å². The Bertz CT molecular complexity index is 147. The van der Waals surface area contributed by atoms with E-state index in [9.17, 15) is 0 Å². The van der Waals surface area contributed by atoms with Gasteiger partial charge in [-0.1, -0.05) is 24.8 Å². The van der Waals surface area contributed by atoms with E-state index in [1.807, 2.05) is 13.0 Å². The van der Waals surface area contributed by atoms with Crippen molar-refractivity contribution in [3.63, 3.8) is 0 Å². The summed E-state index contributed by atoms with van der Waals surface area (Å²) in [6.45, 7) is 9.18. The fourth-order valence-electron chi connectivity index (χ4n) is 0.261. The normalized spacial score (nSPS) is 9.56. The molecule has 0 spiro atoms. The second-order valence-corrected chi connectivity index (χ2v) is 2.16. The van der Waals surface area contributed by atoms with Gasteiger partial charge in [-0.05, 0) is 13.0 Å². The minimum Gasteiger partial charge on any atom is -0.428 e. The van der Waals surface area contributed by atoms with Crippen LogP contribution in [0.1, 0.15) is 6.92 Å². The van der Waals surface area contributed by atoms with Crippen LogP contribution in [0.4, 0.5) is 0 Å². The van der Waals surface area contributed by atoms with E-state index in [1.165, 1.54) is 0 Å². The van der Waals surface area contributed by atoms with Crippen LogP contribution in [0.25, 0.3) is 0 Å². The molecule has 0 fully saturated rings. The summed E-state index contributed by atoms with van der Waals surface area (Å²) in [4.78, 5) is 0. The van der Waals surface area contributed by atoms with E-state index in [0.29, 0.717) is 5.76 Å². The van der Waals surface area contributed by atoms with Gasteiger partial charge in [-0.15, -0.1) is 0 Å². The van der Waals surface area contributed by atoms with E-state index in [-0.39, 0.29) is 0 Å². The van der Waals surface area contributed by atoms with Gasteiger partial charge in [0.05, 0.1) is 0 Å². The fourth-order valence-corrected chi connectivity index (χ4v) is 0.408. The Labute approximate surface area is 69.8 Å². The van der Waals surface area contributed by atoms with Crippen molar-refractivity contribution in [3.05, 3.63) is 36.6 Å². The Morgan fingerprint density at radius 3 is 2.33 bits per heavy atom. The largest absolute Gasteiger partial charge is 0.428 e. The van der Waals surface area contributed by atoms with E-state index < -0.39 is 0 Å². The van der Waals surface area contributed by atoms with Crippen LogP contribution in [-0.4, -0.2) is 0 Å². The third-order valence-corrected chi connectivity index (χ3v) is 1.22. The van der Waals surface area contributed by atoms with Gasteiger partial charge in [0, 0.05) is 0 Å². The van der Waals surface area contributed by atoms with Crippen molar-refractivity contribution in [3.8, 4) is 0 Å². The molecule has 0 unspecified atom stereocenters. The summed E-state index contributed by atoms with van der Waals surface area (Å²) in [5.74, 6) is 0.638. The van der Waals surface area contributed by atoms with E-state index in [2.05, 4.69) is 13.2 Å². The Hall–Kier alpha value is -0.250. The third kappa shape index (κ3) is 5.62. The molecule has 9 heavy (non-hydrogen) atoms. The Morgan fingerprint density at radius 1 is 1.44 bits per heavy atom. The monoisotopic (exact) mass is 236 g/mol. The SMILES string of the molecule is C=C(C)/C=C\C(=C)OI. The van der Waals surface area contributed by atoms with Crippen LogP contribution < -0.4 is 0 Å². The predicted octanol–water partition coefficient (Wildman–Crippen LogP) is 3.00. The van der Waals surface area contributed by atoms with Crippen molar-refractivity contribution < 1.29 is 3.07 Å². The first-order chi connectivity index (χ1) is 4.16. The first-order valence-electron chi connectivity index (χ1n) is 2.48. The van der Waals surface area contributed by atoms with E-state index >= 15 is 0 Å². The highest BCUT2D eigenvalue weighted by molar-refractivity contribution is 14.1. The van der Waals surface area contributed by atoms with Gasteiger partial charge in [-0.2, -0.15) is 0 Å². The molecule has 0 rings (SSSR count). The zero-order valence-corrected chi connectivity index (χ0v) is 7.51. The summed E-state index contributed by atoms with van der Waals surface area (Å²) in [6, 6.07) is 0. The maximum absolute atomic E-state index is 4.75. The van der Waals surface area contributed by atoms with Crippen LogP contribution in [0.2, 0.25) is 0 Å². The summed E-state index contributed by atoms with van der Waals surface area (Å²) < 4.78 is 4.75. The van der Waals surface area contributed by atoms with E-state index in [0.717, 1.165) is 5.57 Å². The van der Waals surface area contributed by atoms with Gasteiger partial charge in [0.15, 0.2) is 23.0 Å². The van der Waals surface area contributed by atoms with Gasteiger partial charge in [-0.25, -0.2) is 0 Å². The topological polar surface area (TPSA) is 9.23 Å². The molecule has 0 N–H and O–H groups in total. The quantitative estimate of drug-likeness (QED) is 0.415. The molecule has 0 aromatic heterocycles.